The van der Waals surface area contributed by atoms with Crippen molar-refractivity contribution in [2.45, 2.75) is 52.5 Å². The lowest BCUT2D eigenvalue weighted by atomic mass is 9.88. The molecule has 98 valence electrons. The summed E-state index contributed by atoms with van der Waals surface area (Å²) < 4.78 is 0. The van der Waals surface area contributed by atoms with E-state index in [4.69, 9.17) is 11.0 Å². The van der Waals surface area contributed by atoms with Crippen molar-refractivity contribution in [3.8, 4) is 6.07 Å². The highest BCUT2D eigenvalue weighted by Crippen LogP contribution is 2.23. The largest absolute Gasteiger partial charge is 0.328 e. The third kappa shape index (κ3) is 5.06. The Labute approximate surface area is 106 Å². The van der Waals surface area contributed by atoms with Crippen LogP contribution in [0.15, 0.2) is 0 Å². The third-order valence-electron chi connectivity index (χ3n) is 3.95. The van der Waals surface area contributed by atoms with Gasteiger partial charge in [-0.25, -0.2) is 0 Å². The molecule has 0 aromatic heterocycles. The normalized spacial score (nSPS) is 21.1. The summed E-state index contributed by atoms with van der Waals surface area (Å²) in [5.41, 5.74) is 5.77. The van der Waals surface area contributed by atoms with E-state index in [1.807, 2.05) is 13.8 Å². The van der Waals surface area contributed by atoms with Crippen molar-refractivity contribution >= 4 is 0 Å². The standard InChI is InChI=1S/C14H27N3/c1-12(16)13-5-9-17(10-6-13)8-4-7-14(2,3)11-15/h12-13H,4-10,16H2,1-3H3. The molecule has 1 heterocycles. The summed E-state index contributed by atoms with van der Waals surface area (Å²) in [5.74, 6) is 0.710. The molecule has 0 bridgehead atoms. The third-order valence-corrected chi connectivity index (χ3v) is 3.95. The molecule has 0 amide bonds. The Morgan fingerprint density at radius 1 is 1.41 bits per heavy atom. The molecule has 3 heteroatoms. The molecule has 1 aliphatic heterocycles. The highest BCUT2D eigenvalue weighted by Gasteiger charge is 2.22. The monoisotopic (exact) mass is 237 g/mol. The number of piperidine rings is 1. The van der Waals surface area contributed by atoms with Crippen molar-refractivity contribution in [3.05, 3.63) is 0 Å². The lowest BCUT2D eigenvalue weighted by molar-refractivity contribution is 0.166. The summed E-state index contributed by atoms with van der Waals surface area (Å²) >= 11 is 0. The predicted octanol–water partition coefficient (Wildman–Crippen LogP) is 2.38. The SMILES string of the molecule is CC(N)C1CCN(CCCC(C)(C)C#N)CC1. The number of likely N-dealkylation sites (tertiary alicyclic amines) is 1. The van der Waals surface area contributed by atoms with E-state index < -0.39 is 0 Å². The fraction of sp³-hybridized carbons (Fsp3) is 0.929. The Hall–Kier alpha value is -0.590. The molecular formula is C14H27N3. The van der Waals surface area contributed by atoms with Gasteiger partial charge >= 0.3 is 0 Å². The van der Waals surface area contributed by atoms with Gasteiger partial charge in [0.25, 0.3) is 0 Å². The Morgan fingerprint density at radius 2 is 2.00 bits per heavy atom. The summed E-state index contributed by atoms with van der Waals surface area (Å²) in [5, 5.41) is 8.95. The average molecular weight is 237 g/mol. The summed E-state index contributed by atoms with van der Waals surface area (Å²) in [6, 6.07) is 2.71. The lowest BCUT2D eigenvalue weighted by Gasteiger charge is -2.34. The van der Waals surface area contributed by atoms with E-state index in [0.717, 1.165) is 19.4 Å². The van der Waals surface area contributed by atoms with Crippen LogP contribution in [-0.4, -0.2) is 30.6 Å². The highest BCUT2D eigenvalue weighted by molar-refractivity contribution is 4.91. The molecule has 1 unspecified atom stereocenters. The first-order valence-electron chi connectivity index (χ1n) is 6.84. The van der Waals surface area contributed by atoms with Crippen molar-refractivity contribution in [1.29, 1.82) is 5.26 Å². The Balaban J connectivity index is 2.17. The first kappa shape index (κ1) is 14.5. The minimum Gasteiger partial charge on any atom is -0.328 e. The average Bonchev–Trinajstić information content (AvgIpc) is 2.29. The van der Waals surface area contributed by atoms with Crippen LogP contribution in [0.25, 0.3) is 0 Å². The van der Waals surface area contributed by atoms with Crippen LogP contribution in [0.5, 0.6) is 0 Å². The van der Waals surface area contributed by atoms with Crippen LogP contribution >= 0.6 is 0 Å². The molecule has 0 aromatic rings. The molecule has 1 rings (SSSR count). The minimum atomic E-state index is -0.163. The van der Waals surface area contributed by atoms with Gasteiger partial charge in [0.1, 0.15) is 0 Å². The van der Waals surface area contributed by atoms with Gasteiger partial charge in [-0.05, 0) is 72.0 Å². The van der Waals surface area contributed by atoms with Gasteiger partial charge in [0.05, 0.1) is 11.5 Å². The number of nitriles is 1. The van der Waals surface area contributed by atoms with E-state index >= 15 is 0 Å². The summed E-state index contributed by atoms with van der Waals surface area (Å²) in [4.78, 5) is 2.52. The maximum atomic E-state index is 8.95. The first-order valence-corrected chi connectivity index (χ1v) is 6.84. The molecule has 1 fully saturated rings. The molecular weight excluding hydrogens is 210 g/mol. The summed E-state index contributed by atoms with van der Waals surface area (Å²) in [7, 11) is 0. The maximum absolute atomic E-state index is 8.95. The second-order valence-corrected chi connectivity index (χ2v) is 6.14. The topological polar surface area (TPSA) is 53.0 Å². The Bertz CT molecular complexity index is 257. The van der Waals surface area contributed by atoms with E-state index in [-0.39, 0.29) is 5.41 Å². The second kappa shape index (κ2) is 6.37. The first-order chi connectivity index (χ1) is 7.94. The molecule has 0 radical (unpaired) electrons. The minimum absolute atomic E-state index is 0.163. The van der Waals surface area contributed by atoms with Crippen LogP contribution in [-0.2, 0) is 0 Å². The predicted molar refractivity (Wildman–Crippen MR) is 71.4 cm³/mol. The zero-order valence-electron chi connectivity index (χ0n) is 11.6. The van der Waals surface area contributed by atoms with Crippen LogP contribution in [0.1, 0.15) is 46.5 Å². The number of nitrogens with zero attached hydrogens (tertiary/aromatic N) is 2. The lowest BCUT2D eigenvalue weighted by Crippen LogP contribution is -2.40. The van der Waals surface area contributed by atoms with Gasteiger partial charge in [-0.2, -0.15) is 5.26 Å². The Kier molecular flexibility index (Phi) is 5.42. The zero-order valence-corrected chi connectivity index (χ0v) is 11.6. The van der Waals surface area contributed by atoms with Crippen molar-refractivity contribution in [2.75, 3.05) is 19.6 Å². The quantitative estimate of drug-likeness (QED) is 0.798. The number of rotatable bonds is 5. The summed E-state index contributed by atoms with van der Waals surface area (Å²) in [6.07, 6.45) is 4.60. The van der Waals surface area contributed by atoms with Gasteiger partial charge in [0.2, 0.25) is 0 Å². The number of hydrogen-bond acceptors (Lipinski definition) is 3. The molecule has 1 aliphatic rings. The Morgan fingerprint density at radius 3 is 2.47 bits per heavy atom. The van der Waals surface area contributed by atoms with E-state index in [2.05, 4.69) is 17.9 Å². The smallest absolute Gasteiger partial charge is 0.0683 e. The molecule has 1 saturated heterocycles. The van der Waals surface area contributed by atoms with Crippen molar-refractivity contribution in [1.82, 2.24) is 4.90 Å². The molecule has 0 aliphatic carbocycles. The van der Waals surface area contributed by atoms with Gasteiger partial charge in [0, 0.05) is 6.04 Å². The van der Waals surface area contributed by atoms with Gasteiger partial charge in [-0.1, -0.05) is 0 Å². The van der Waals surface area contributed by atoms with Crippen LogP contribution in [0.4, 0.5) is 0 Å². The number of hydrogen-bond donors (Lipinski definition) is 1. The molecule has 17 heavy (non-hydrogen) atoms. The van der Waals surface area contributed by atoms with Gasteiger partial charge in [0.15, 0.2) is 0 Å². The molecule has 0 spiro atoms. The van der Waals surface area contributed by atoms with Crippen molar-refractivity contribution in [2.24, 2.45) is 17.1 Å². The van der Waals surface area contributed by atoms with E-state index in [0.29, 0.717) is 12.0 Å². The van der Waals surface area contributed by atoms with Gasteiger partial charge in [-0.15, -0.1) is 0 Å². The van der Waals surface area contributed by atoms with E-state index in [1.165, 1.54) is 25.9 Å². The van der Waals surface area contributed by atoms with Crippen molar-refractivity contribution in [3.63, 3.8) is 0 Å². The molecule has 1 atom stereocenters. The van der Waals surface area contributed by atoms with E-state index in [9.17, 15) is 0 Å². The van der Waals surface area contributed by atoms with Crippen LogP contribution in [0, 0.1) is 22.7 Å². The van der Waals surface area contributed by atoms with Crippen LogP contribution < -0.4 is 5.73 Å². The van der Waals surface area contributed by atoms with Crippen LogP contribution in [0.2, 0.25) is 0 Å². The zero-order chi connectivity index (χ0) is 12.9. The molecule has 3 nitrogen and oxygen atoms in total. The molecule has 0 aromatic carbocycles. The fourth-order valence-electron chi connectivity index (χ4n) is 2.50. The molecule has 2 N–H and O–H groups in total. The number of nitrogens with two attached hydrogens (primary N) is 1. The second-order valence-electron chi connectivity index (χ2n) is 6.14. The van der Waals surface area contributed by atoms with Gasteiger partial charge in [-0.3, -0.25) is 0 Å². The van der Waals surface area contributed by atoms with Gasteiger partial charge < -0.3 is 10.6 Å². The van der Waals surface area contributed by atoms with Crippen LogP contribution in [0.3, 0.4) is 0 Å². The van der Waals surface area contributed by atoms with E-state index in [1.54, 1.807) is 0 Å². The molecule has 0 saturated carbocycles. The fourth-order valence-corrected chi connectivity index (χ4v) is 2.50. The highest BCUT2D eigenvalue weighted by atomic mass is 15.1. The maximum Gasteiger partial charge on any atom is 0.0683 e. The summed E-state index contributed by atoms with van der Waals surface area (Å²) in [6.45, 7) is 9.66. The van der Waals surface area contributed by atoms with Crippen molar-refractivity contribution < 1.29 is 0 Å².